The molecule has 0 bridgehead atoms. The Morgan fingerprint density at radius 2 is 1.63 bits per heavy atom. The molecule has 154 valence electrons. The van der Waals surface area contributed by atoms with Crippen molar-refractivity contribution in [2.24, 2.45) is 17.8 Å². The summed E-state index contributed by atoms with van der Waals surface area (Å²) in [7, 11) is 0. The van der Waals surface area contributed by atoms with Gasteiger partial charge in [-0.15, -0.1) is 0 Å². The number of phenolic OH excluding ortho intramolecular Hbond substituents is 1. The maximum absolute atomic E-state index is 10.4. The van der Waals surface area contributed by atoms with Crippen LogP contribution in [0, 0.1) is 38.5 Å². The molecule has 0 radical (unpaired) electrons. The molecule has 0 fully saturated rings. The van der Waals surface area contributed by atoms with Crippen LogP contribution in [0.15, 0.2) is 0 Å². The second kappa shape index (κ2) is 8.88. The Kier molecular flexibility index (Phi) is 7.27. The Morgan fingerprint density at radius 3 is 2.26 bits per heavy atom. The molecule has 1 N–H and O–H groups in total. The van der Waals surface area contributed by atoms with E-state index in [9.17, 15) is 5.11 Å². The number of benzene rings is 1. The minimum absolute atomic E-state index is 0.106. The van der Waals surface area contributed by atoms with Crippen molar-refractivity contribution in [3.05, 3.63) is 22.3 Å². The smallest absolute Gasteiger partial charge is 0.127 e. The van der Waals surface area contributed by atoms with Crippen molar-refractivity contribution < 1.29 is 9.84 Å². The predicted molar refractivity (Wildman–Crippen MR) is 116 cm³/mol. The zero-order valence-electron chi connectivity index (χ0n) is 19.0. The number of phenols is 1. The average molecular weight is 375 g/mol. The van der Waals surface area contributed by atoms with Gasteiger partial charge >= 0.3 is 0 Å². The van der Waals surface area contributed by atoms with Crippen LogP contribution in [0.4, 0.5) is 0 Å². The number of hydrogen-bond donors (Lipinski definition) is 1. The molecule has 1 aliphatic heterocycles. The molecular weight excluding hydrogens is 332 g/mol. The van der Waals surface area contributed by atoms with E-state index < -0.39 is 0 Å². The van der Waals surface area contributed by atoms with Crippen LogP contribution in [-0.2, 0) is 6.42 Å². The van der Waals surface area contributed by atoms with Gasteiger partial charge in [0.05, 0.1) is 0 Å². The maximum atomic E-state index is 10.4. The normalized spacial score (nSPS) is 23.2. The molecule has 3 atom stereocenters. The third-order valence-corrected chi connectivity index (χ3v) is 7.08. The van der Waals surface area contributed by atoms with E-state index in [0.717, 1.165) is 47.1 Å². The topological polar surface area (TPSA) is 29.5 Å². The fourth-order valence-electron chi connectivity index (χ4n) is 4.53. The van der Waals surface area contributed by atoms with E-state index in [-0.39, 0.29) is 5.60 Å². The number of rotatable bonds is 8. The van der Waals surface area contributed by atoms with E-state index >= 15 is 0 Å². The van der Waals surface area contributed by atoms with Gasteiger partial charge in [-0.25, -0.2) is 0 Å². The van der Waals surface area contributed by atoms with Crippen LogP contribution in [-0.4, -0.2) is 10.7 Å². The molecule has 0 saturated heterocycles. The van der Waals surface area contributed by atoms with Crippen LogP contribution < -0.4 is 4.74 Å². The van der Waals surface area contributed by atoms with Crippen LogP contribution in [0.1, 0.15) is 95.4 Å². The zero-order valence-corrected chi connectivity index (χ0v) is 19.0. The van der Waals surface area contributed by atoms with Gasteiger partial charge in [-0.3, -0.25) is 0 Å². The molecule has 3 unspecified atom stereocenters. The highest BCUT2D eigenvalue weighted by Gasteiger charge is 2.39. The highest BCUT2D eigenvalue weighted by Crippen LogP contribution is 2.46. The lowest BCUT2D eigenvalue weighted by atomic mass is 9.77. The summed E-state index contributed by atoms with van der Waals surface area (Å²) in [5, 5.41) is 10.4. The van der Waals surface area contributed by atoms with Crippen molar-refractivity contribution in [3.8, 4) is 11.5 Å². The zero-order chi connectivity index (χ0) is 20.4. The summed E-state index contributed by atoms with van der Waals surface area (Å²) >= 11 is 0. The fourth-order valence-corrected chi connectivity index (χ4v) is 4.53. The summed E-state index contributed by atoms with van der Waals surface area (Å²) in [6.45, 7) is 17.7. The third kappa shape index (κ3) is 5.00. The number of hydrogen-bond acceptors (Lipinski definition) is 2. The SMILES string of the molecule is Cc1c(C)c2c(c(C)c1O)CC(C)C(C)(CCCC(C)CCCC(C)C)O2. The molecule has 0 spiro atoms. The monoisotopic (exact) mass is 374 g/mol. The Hall–Kier alpha value is -1.18. The lowest BCUT2D eigenvalue weighted by Crippen LogP contribution is -2.44. The van der Waals surface area contributed by atoms with Gasteiger partial charge in [0.25, 0.3) is 0 Å². The van der Waals surface area contributed by atoms with Gasteiger partial charge in [0.2, 0.25) is 0 Å². The van der Waals surface area contributed by atoms with Gasteiger partial charge in [0.15, 0.2) is 0 Å². The summed E-state index contributed by atoms with van der Waals surface area (Å²) < 4.78 is 6.66. The van der Waals surface area contributed by atoms with Crippen molar-refractivity contribution in [1.82, 2.24) is 0 Å². The Morgan fingerprint density at radius 1 is 1.00 bits per heavy atom. The predicted octanol–water partition coefficient (Wildman–Crippen LogP) is 7.28. The van der Waals surface area contributed by atoms with Crippen molar-refractivity contribution in [3.63, 3.8) is 0 Å². The summed E-state index contributed by atoms with van der Waals surface area (Å²) in [6, 6.07) is 0. The summed E-state index contributed by atoms with van der Waals surface area (Å²) in [4.78, 5) is 0. The molecule has 1 aromatic carbocycles. The molecule has 0 amide bonds. The van der Waals surface area contributed by atoms with Crippen molar-refractivity contribution in [1.29, 1.82) is 0 Å². The van der Waals surface area contributed by atoms with Gasteiger partial charge in [-0.05, 0) is 81.4 Å². The number of aromatic hydroxyl groups is 1. The summed E-state index contributed by atoms with van der Waals surface area (Å²) in [5.74, 6) is 3.57. The van der Waals surface area contributed by atoms with E-state index in [4.69, 9.17) is 4.74 Å². The third-order valence-electron chi connectivity index (χ3n) is 7.08. The highest BCUT2D eigenvalue weighted by molar-refractivity contribution is 5.58. The molecule has 2 nitrogen and oxygen atoms in total. The molecule has 0 aromatic heterocycles. The minimum Gasteiger partial charge on any atom is -0.507 e. The molecular formula is C25H42O2. The maximum Gasteiger partial charge on any atom is 0.127 e. The molecule has 1 aromatic rings. The Labute approximate surface area is 167 Å². The van der Waals surface area contributed by atoms with Crippen molar-refractivity contribution in [2.45, 2.75) is 106 Å². The summed E-state index contributed by atoms with van der Waals surface area (Å²) in [6.07, 6.45) is 8.69. The number of ether oxygens (including phenoxy) is 1. The second-order valence-corrected chi connectivity index (χ2v) is 9.87. The standard InChI is InChI=1S/C25H42O2/c1-16(2)11-9-12-17(3)13-10-14-25(8)18(4)15-22-21(7)23(26)19(5)20(6)24(22)27-25/h16-18,26H,9-15H2,1-8H3. The van der Waals surface area contributed by atoms with Crippen LogP contribution in [0.5, 0.6) is 11.5 Å². The van der Waals surface area contributed by atoms with E-state index in [1.165, 1.54) is 37.7 Å². The van der Waals surface area contributed by atoms with E-state index in [2.05, 4.69) is 41.5 Å². The van der Waals surface area contributed by atoms with Crippen molar-refractivity contribution >= 4 is 0 Å². The van der Waals surface area contributed by atoms with E-state index in [1.807, 2.05) is 13.8 Å². The van der Waals surface area contributed by atoms with Crippen LogP contribution >= 0.6 is 0 Å². The highest BCUT2D eigenvalue weighted by atomic mass is 16.5. The Bertz CT molecular complexity index is 646. The molecule has 0 aliphatic carbocycles. The van der Waals surface area contributed by atoms with Gasteiger partial charge < -0.3 is 9.84 Å². The molecule has 2 heteroatoms. The first kappa shape index (κ1) is 22.1. The second-order valence-electron chi connectivity index (χ2n) is 9.87. The molecule has 1 heterocycles. The van der Waals surface area contributed by atoms with E-state index in [1.54, 1.807) is 0 Å². The largest absolute Gasteiger partial charge is 0.507 e. The first-order valence-corrected chi connectivity index (χ1v) is 11.1. The first-order chi connectivity index (χ1) is 12.6. The average Bonchev–Trinajstić information content (AvgIpc) is 2.60. The fraction of sp³-hybridized carbons (Fsp3) is 0.760. The first-order valence-electron chi connectivity index (χ1n) is 11.1. The molecule has 0 saturated carbocycles. The molecule has 1 aliphatic rings. The van der Waals surface area contributed by atoms with Crippen LogP contribution in [0.3, 0.4) is 0 Å². The minimum atomic E-state index is -0.106. The van der Waals surface area contributed by atoms with Crippen LogP contribution in [0.25, 0.3) is 0 Å². The quantitative estimate of drug-likeness (QED) is 0.518. The molecule has 2 rings (SSSR count). The lowest BCUT2D eigenvalue weighted by molar-refractivity contribution is 0.00546. The van der Waals surface area contributed by atoms with E-state index in [0.29, 0.717) is 11.7 Å². The van der Waals surface area contributed by atoms with Gasteiger partial charge in [-0.2, -0.15) is 0 Å². The van der Waals surface area contributed by atoms with Gasteiger partial charge in [0, 0.05) is 5.56 Å². The lowest BCUT2D eigenvalue weighted by Gasteiger charge is -2.43. The van der Waals surface area contributed by atoms with Crippen molar-refractivity contribution in [2.75, 3.05) is 0 Å². The Balaban J connectivity index is 2.01. The van der Waals surface area contributed by atoms with Gasteiger partial charge in [0.1, 0.15) is 17.1 Å². The summed E-state index contributed by atoms with van der Waals surface area (Å²) in [5.41, 5.74) is 4.17. The number of fused-ring (bicyclic) bond motifs is 1. The van der Waals surface area contributed by atoms with Crippen LogP contribution in [0.2, 0.25) is 0 Å². The molecule has 27 heavy (non-hydrogen) atoms. The van der Waals surface area contributed by atoms with Gasteiger partial charge in [-0.1, -0.05) is 53.4 Å².